The van der Waals surface area contributed by atoms with Crippen molar-refractivity contribution in [3.8, 4) is 17.8 Å². The van der Waals surface area contributed by atoms with E-state index < -0.39 is 4.92 Å². The molecule has 1 heterocycles. The molecule has 2 rings (SSSR count). The van der Waals surface area contributed by atoms with Crippen molar-refractivity contribution in [2.24, 2.45) is 0 Å². The van der Waals surface area contributed by atoms with Crippen molar-refractivity contribution < 1.29 is 9.66 Å². The number of aromatic nitrogens is 2. The van der Waals surface area contributed by atoms with Crippen molar-refractivity contribution in [1.29, 1.82) is 5.26 Å². The van der Waals surface area contributed by atoms with Crippen LogP contribution in [0.1, 0.15) is 17.0 Å². The van der Waals surface area contributed by atoms with Crippen molar-refractivity contribution in [1.82, 2.24) is 9.97 Å². The highest BCUT2D eigenvalue weighted by molar-refractivity contribution is 5.49. The number of hydrogen-bond donors (Lipinski definition) is 0. The molecule has 2 aromatic rings. The summed E-state index contributed by atoms with van der Waals surface area (Å²) in [5.41, 5.74) is 1.31. The smallest absolute Gasteiger partial charge is 0.323 e. The number of nitrogens with zero attached hydrogens (tertiary/aromatic N) is 4. The lowest BCUT2D eigenvalue weighted by Crippen LogP contribution is -1.99. The normalized spacial score (nSPS) is 9.85. The van der Waals surface area contributed by atoms with Crippen LogP contribution in [0.15, 0.2) is 24.3 Å². The number of nitro benzene ring substituents is 1. The van der Waals surface area contributed by atoms with E-state index in [0.29, 0.717) is 5.69 Å². The lowest BCUT2D eigenvalue weighted by molar-refractivity contribution is -0.385. The second kappa shape index (κ2) is 5.32. The molecular formula is C13H10N4O3. The Balaban J connectivity index is 2.44. The zero-order valence-electron chi connectivity index (χ0n) is 10.8. The van der Waals surface area contributed by atoms with Crippen LogP contribution < -0.4 is 4.74 Å². The number of nitro groups is 1. The van der Waals surface area contributed by atoms with Crippen molar-refractivity contribution in [3.05, 3.63) is 51.3 Å². The maximum absolute atomic E-state index is 10.9. The minimum atomic E-state index is -0.546. The van der Waals surface area contributed by atoms with Gasteiger partial charge in [-0.2, -0.15) is 10.2 Å². The van der Waals surface area contributed by atoms with Crippen LogP contribution in [-0.4, -0.2) is 14.9 Å². The molecule has 100 valence electrons. The van der Waals surface area contributed by atoms with Crippen LogP contribution >= 0.6 is 0 Å². The third-order valence-electron chi connectivity index (χ3n) is 2.46. The van der Waals surface area contributed by atoms with Gasteiger partial charge in [-0.15, -0.1) is 0 Å². The number of nitriles is 1. The Bertz CT molecular complexity index is 722. The maximum atomic E-state index is 10.9. The molecular weight excluding hydrogens is 260 g/mol. The first-order valence-electron chi connectivity index (χ1n) is 5.68. The van der Waals surface area contributed by atoms with Crippen LogP contribution in [-0.2, 0) is 0 Å². The fourth-order valence-electron chi connectivity index (χ4n) is 1.60. The molecule has 1 aromatic heterocycles. The molecule has 0 aliphatic rings. The predicted octanol–water partition coefficient (Wildman–Crippen LogP) is 2.67. The Labute approximate surface area is 114 Å². The summed E-state index contributed by atoms with van der Waals surface area (Å²) in [7, 11) is 0. The van der Waals surface area contributed by atoms with E-state index in [1.165, 1.54) is 18.2 Å². The van der Waals surface area contributed by atoms with Gasteiger partial charge in [-0.3, -0.25) is 10.1 Å². The van der Waals surface area contributed by atoms with Crippen molar-refractivity contribution >= 4 is 5.69 Å². The van der Waals surface area contributed by atoms with Crippen LogP contribution in [0.25, 0.3) is 0 Å². The molecule has 0 aliphatic heterocycles. The fourth-order valence-corrected chi connectivity index (χ4v) is 1.60. The Morgan fingerprint density at radius 1 is 1.30 bits per heavy atom. The Hall–Kier alpha value is -3.01. The molecule has 0 atom stereocenters. The van der Waals surface area contributed by atoms with E-state index in [2.05, 4.69) is 9.97 Å². The van der Waals surface area contributed by atoms with Gasteiger partial charge in [-0.1, -0.05) is 6.07 Å². The zero-order valence-corrected chi connectivity index (χ0v) is 10.8. The van der Waals surface area contributed by atoms with Gasteiger partial charge in [0.25, 0.3) is 0 Å². The van der Waals surface area contributed by atoms with E-state index in [-0.39, 0.29) is 23.1 Å². The summed E-state index contributed by atoms with van der Waals surface area (Å²) in [6, 6.07) is 7.78. The summed E-state index contributed by atoms with van der Waals surface area (Å²) in [6.07, 6.45) is 0. The quantitative estimate of drug-likeness (QED) is 0.627. The Kier molecular flexibility index (Phi) is 3.57. The largest absolute Gasteiger partial charge is 0.417 e. The number of hydrogen-bond acceptors (Lipinski definition) is 6. The fraction of sp³-hybridized carbons (Fsp3) is 0.154. The topological polar surface area (TPSA) is 102 Å². The van der Waals surface area contributed by atoms with Crippen molar-refractivity contribution in [2.45, 2.75) is 13.8 Å². The van der Waals surface area contributed by atoms with E-state index in [4.69, 9.17) is 10.00 Å². The second-order valence-electron chi connectivity index (χ2n) is 4.12. The highest BCUT2D eigenvalue weighted by Crippen LogP contribution is 2.30. The van der Waals surface area contributed by atoms with E-state index >= 15 is 0 Å². The average molecular weight is 270 g/mol. The standard InChI is InChI=1S/C13H10N4O3/c1-8-3-4-11(17(18)19)12(5-8)20-13-15-9(2)6-10(7-14)16-13/h3-6H,1-2H3. The summed E-state index contributed by atoms with van der Waals surface area (Å²) in [4.78, 5) is 18.3. The first-order valence-corrected chi connectivity index (χ1v) is 5.68. The molecule has 0 fully saturated rings. The van der Waals surface area contributed by atoms with Crippen LogP contribution in [0.3, 0.4) is 0 Å². The van der Waals surface area contributed by atoms with E-state index in [9.17, 15) is 10.1 Å². The predicted molar refractivity (Wildman–Crippen MR) is 69.4 cm³/mol. The van der Waals surface area contributed by atoms with Gasteiger partial charge < -0.3 is 4.74 Å². The van der Waals surface area contributed by atoms with Gasteiger partial charge in [0, 0.05) is 11.8 Å². The molecule has 0 radical (unpaired) electrons. The first kappa shape index (κ1) is 13.4. The second-order valence-corrected chi connectivity index (χ2v) is 4.12. The molecule has 20 heavy (non-hydrogen) atoms. The highest BCUT2D eigenvalue weighted by atomic mass is 16.6. The Morgan fingerprint density at radius 2 is 2.05 bits per heavy atom. The highest BCUT2D eigenvalue weighted by Gasteiger charge is 2.17. The summed E-state index contributed by atoms with van der Waals surface area (Å²) in [5.74, 6) is 0.0458. The van der Waals surface area contributed by atoms with Crippen LogP contribution in [0.5, 0.6) is 11.8 Å². The summed E-state index contributed by atoms with van der Waals surface area (Å²) in [5, 5.41) is 19.8. The molecule has 0 spiro atoms. The average Bonchev–Trinajstić information content (AvgIpc) is 2.37. The van der Waals surface area contributed by atoms with Gasteiger partial charge in [0.1, 0.15) is 11.8 Å². The van der Waals surface area contributed by atoms with Crippen LogP contribution in [0.2, 0.25) is 0 Å². The molecule has 0 bridgehead atoms. The lowest BCUT2D eigenvalue weighted by Gasteiger charge is -2.06. The van der Waals surface area contributed by atoms with Gasteiger partial charge in [0.15, 0.2) is 0 Å². The first-order chi connectivity index (χ1) is 9.49. The van der Waals surface area contributed by atoms with E-state index in [1.807, 2.05) is 6.07 Å². The minimum Gasteiger partial charge on any atom is -0.417 e. The molecule has 0 N–H and O–H groups in total. The van der Waals surface area contributed by atoms with Gasteiger partial charge in [-0.05, 0) is 31.5 Å². The molecule has 0 amide bonds. The van der Waals surface area contributed by atoms with Gasteiger partial charge in [0.05, 0.1) is 4.92 Å². The number of ether oxygens (including phenoxy) is 1. The van der Waals surface area contributed by atoms with Crippen molar-refractivity contribution in [2.75, 3.05) is 0 Å². The molecule has 0 unspecified atom stereocenters. The number of benzene rings is 1. The lowest BCUT2D eigenvalue weighted by atomic mass is 10.2. The van der Waals surface area contributed by atoms with E-state index in [1.54, 1.807) is 19.9 Å². The summed E-state index contributed by atoms with van der Waals surface area (Å²) >= 11 is 0. The monoisotopic (exact) mass is 270 g/mol. The minimum absolute atomic E-state index is 0.0458. The molecule has 1 aromatic carbocycles. The Morgan fingerprint density at radius 3 is 2.70 bits per heavy atom. The van der Waals surface area contributed by atoms with Crippen LogP contribution in [0.4, 0.5) is 5.69 Å². The van der Waals surface area contributed by atoms with Gasteiger partial charge in [-0.25, -0.2) is 4.98 Å². The number of aryl methyl sites for hydroxylation is 2. The summed E-state index contributed by atoms with van der Waals surface area (Å²) < 4.78 is 5.36. The van der Waals surface area contributed by atoms with Gasteiger partial charge in [0.2, 0.25) is 5.75 Å². The zero-order chi connectivity index (χ0) is 14.7. The molecule has 7 nitrogen and oxygen atoms in total. The third kappa shape index (κ3) is 2.87. The number of rotatable bonds is 3. The molecule has 0 saturated heterocycles. The van der Waals surface area contributed by atoms with E-state index in [0.717, 1.165) is 5.56 Å². The third-order valence-corrected chi connectivity index (χ3v) is 2.46. The van der Waals surface area contributed by atoms with Crippen LogP contribution in [0, 0.1) is 35.3 Å². The molecule has 0 saturated carbocycles. The van der Waals surface area contributed by atoms with Crippen molar-refractivity contribution in [3.63, 3.8) is 0 Å². The van der Waals surface area contributed by atoms with Gasteiger partial charge >= 0.3 is 11.7 Å². The summed E-state index contributed by atoms with van der Waals surface area (Å²) in [6.45, 7) is 3.47. The molecule has 0 aliphatic carbocycles. The SMILES string of the molecule is Cc1ccc([N+](=O)[O-])c(Oc2nc(C)cc(C#N)n2)c1. The molecule has 7 heteroatoms. The maximum Gasteiger partial charge on any atom is 0.323 e.